The summed E-state index contributed by atoms with van der Waals surface area (Å²) in [6, 6.07) is 25.7. The summed E-state index contributed by atoms with van der Waals surface area (Å²) in [5.41, 5.74) is 2.06. The highest BCUT2D eigenvalue weighted by atomic mass is 35.5. The fraction of sp³-hybridized carbons (Fsp3) is 0.0370. The number of benzene rings is 4. The highest BCUT2D eigenvalue weighted by Crippen LogP contribution is 2.39. The number of amides is 2. The molecule has 0 unspecified atom stereocenters. The van der Waals surface area contributed by atoms with Crippen molar-refractivity contribution in [3.8, 4) is 5.75 Å². The Bertz CT molecular complexity index is 1450. The molecule has 0 N–H and O–H groups in total. The number of thioether (sulfide) groups is 1. The van der Waals surface area contributed by atoms with Crippen molar-refractivity contribution in [2.75, 3.05) is 4.90 Å². The summed E-state index contributed by atoms with van der Waals surface area (Å²) in [7, 11) is 0. The highest BCUT2D eigenvalue weighted by Gasteiger charge is 2.36. The Kier molecular flexibility index (Phi) is 6.33. The Balaban J connectivity index is 1.54. The Hall–Kier alpha value is -3.25. The average Bonchev–Trinajstić information content (AvgIpc) is 3.12. The van der Waals surface area contributed by atoms with Crippen molar-refractivity contribution in [3.05, 3.63) is 111 Å². The van der Waals surface area contributed by atoms with Crippen molar-refractivity contribution in [1.82, 2.24) is 0 Å². The first-order chi connectivity index (χ1) is 16.5. The topological polar surface area (TPSA) is 46.6 Å². The lowest BCUT2D eigenvalue weighted by atomic mass is 10.0. The fourth-order valence-corrected chi connectivity index (χ4v) is 4.87. The molecule has 0 saturated carbocycles. The lowest BCUT2D eigenvalue weighted by Gasteiger charge is -2.14. The van der Waals surface area contributed by atoms with E-state index in [9.17, 15) is 9.59 Å². The second-order valence-corrected chi connectivity index (χ2v) is 9.41. The summed E-state index contributed by atoms with van der Waals surface area (Å²) in [6.45, 7) is 0.269. The minimum absolute atomic E-state index is 0.269. The van der Waals surface area contributed by atoms with Crippen LogP contribution in [0.2, 0.25) is 10.0 Å². The number of rotatable bonds is 5. The third-order valence-corrected chi connectivity index (χ3v) is 6.92. The summed E-state index contributed by atoms with van der Waals surface area (Å²) in [6.07, 6.45) is 1.73. The third-order valence-electron chi connectivity index (χ3n) is 5.43. The Morgan fingerprint density at radius 1 is 0.853 bits per heavy atom. The second-order valence-electron chi connectivity index (χ2n) is 7.57. The van der Waals surface area contributed by atoms with Gasteiger partial charge in [0.15, 0.2) is 0 Å². The van der Waals surface area contributed by atoms with Gasteiger partial charge in [0.2, 0.25) is 0 Å². The SMILES string of the molecule is O=C1S/C(=C/c2c(OCc3ccccc3Cl)ccc3ccccc23)C(=O)N1c1ccc(Cl)cc1. The maximum Gasteiger partial charge on any atom is 0.298 e. The first-order valence-electron chi connectivity index (χ1n) is 10.4. The van der Waals surface area contributed by atoms with E-state index in [1.54, 1.807) is 30.3 Å². The lowest BCUT2D eigenvalue weighted by Crippen LogP contribution is -2.27. The quantitative estimate of drug-likeness (QED) is 0.258. The number of hydrogen-bond donors (Lipinski definition) is 0. The van der Waals surface area contributed by atoms with Crippen LogP contribution in [-0.2, 0) is 11.4 Å². The molecule has 7 heteroatoms. The van der Waals surface area contributed by atoms with Crippen LogP contribution < -0.4 is 9.64 Å². The normalized spacial score (nSPS) is 14.9. The monoisotopic (exact) mass is 505 g/mol. The molecular formula is C27H17Cl2NO3S. The van der Waals surface area contributed by atoms with Gasteiger partial charge < -0.3 is 4.74 Å². The number of halogens is 2. The van der Waals surface area contributed by atoms with Gasteiger partial charge in [-0.2, -0.15) is 0 Å². The van der Waals surface area contributed by atoms with Gasteiger partial charge in [0.25, 0.3) is 11.1 Å². The number of fused-ring (bicyclic) bond motifs is 1. The number of hydrogen-bond acceptors (Lipinski definition) is 4. The predicted molar refractivity (Wildman–Crippen MR) is 140 cm³/mol. The minimum atomic E-state index is -0.387. The van der Waals surface area contributed by atoms with Gasteiger partial charge in [-0.15, -0.1) is 0 Å². The number of nitrogens with zero attached hydrogens (tertiary/aromatic N) is 1. The van der Waals surface area contributed by atoms with Gasteiger partial charge in [0.1, 0.15) is 12.4 Å². The van der Waals surface area contributed by atoms with Crippen molar-refractivity contribution in [2.45, 2.75) is 6.61 Å². The number of ether oxygens (including phenoxy) is 1. The molecule has 1 saturated heterocycles. The zero-order valence-corrected chi connectivity index (χ0v) is 20.0. The van der Waals surface area contributed by atoms with Gasteiger partial charge in [-0.1, -0.05) is 71.7 Å². The van der Waals surface area contributed by atoms with Crippen LogP contribution in [0.25, 0.3) is 16.8 Å². The number of anilines is 1. The van der Waals surface area contributed by atoms with Crippen molar-refractivity contribution in [1.29, 1.82) is 0 Å². The van der Waals surface area contributed by atoms with Gasteiger partial charge in [0.05, 0.1) is 10.6 Å². The second kappa shape index (κ2) is 9.55. The smallest absolute Gasteiger partial charge is 0.298 e. The van der Waals surface area contributed by atoms with E-state index in [0.717, 1.165) is 38.6 Å². The molecule has 0 atom stereocenters. The molecular weight excluding hydrogens is 489 g/mol. The standard InChI is InChI=1S/C27H17Cl2NO3S/c28-19-10-12-20(13-11-19)30-26(31)25(34-27(30)32)15-22-21-7-3-1-5-17(21)9-14-24(22)33-16-18-6-2-4-8-23(18)29/h1-15H,16H2/b25-15+. The largest absolute Gasteiger partial charge is 0.488 e. The molecule has 0 radical (unpaired) electrons. The molecule has 4 nitrogen and oxygen atoms in total. The maximum absolute atomic E-state index is 13.2. The average molecular weight is 506 g/mol. The van der Waals surface area contributed by atoms with Crippen LogP contribution in [0, 0.1) is 0 Å². The Morgan fingerprint density at radius 3 is 2.38 bits per heavy atom. The van der Waals surface area contributed by atoms with Gasteiger partial charge >= 0.3 is 0 Å². The third kappa shape index (κ3) is 4.42. The Morgan fingerprint density at radius 2 is 1.59 bits per heavy atom. The zero-order chi connectivity index (χ0) is 23.7. The van der Waals surface area contributed by atoms with Crippen molar-refractivity contribution >= 4 is 68.6 Å². The van der Waals surface area contributed by atoms with E-state index in [4.69, 9.17) is 27.9 Å². The van der Waals surface area contributed by atoms with E-state index >= 15 is 0 Å². The van der Waals surface area contributed by atoms with Crippen LogP contribution in [-0.4, -0.2) is 11.1 Å². The number of carbonyl (C=O) groups is 2. The molecule has 4 aromatic rings. The van der Waals surface area contributed by atoms with E-state index in [0.29, 0.717) is 26.4 Å². The molecule has 168 valence electrons. The van der Waals surface area contributed by atoms with E-state index < -0.39 is 0 Å². The predicted octanol–water partition coefficient (Wildman–Crippen LogP) is 7.97. The first-order valence-corrected chi connectivity index (χ1v) is 12.0. The van der Waals surface area contributed by atoms with Gasteiger partial charge in [0, 0.05) is 21.2 Å². The van der Waals surface area contributed by atoms with Crippen LogP contribution >= 0.6 is 35.0 Å². The molecule has 0 aliphatic carbocycles. The van der Waals surface area contributed by atoms with Crippen LogP contribution in [0.4, 0.5) is 10.5 Å². The van der Waals surface area contributed by atoms with Gasteiger partial charge in [-0.25, -0.2) is 4.90 Å². The van der Waals surface area contributed by atoms with Crippen molar-refractivity contribution in [3.63, 3.8) is 0 Å². The van der Waals surface area contributed by atoms with E-state index in [-0.39, 0.29) is 17.8 Å². The molecule has 2 amide bonds. The molecule has 0 spiro atoms. The number of imide groups is 1. The van der Waals surface area contributed by atoms with Crippen molar-refractivity contribution < 1.29 is 14.3 Å². The molecule has 1 fully saturated rings. The summed E-state index contributed by atoms with van der Waals surface area (Å²) in [5, 5.41) is 2.70. The summed E-state index contributed by atoms with van der Waals surface area (Å²) in [4.78, 5) is 27.4. The van der Waals surface area contributed by atoms with Crippen LogP contribution in [0.5, 0.6) is 5.75 Å². The minimum Gasteiger partial charge on any atom is -0.488 e. The number of carbonyl (C=O) groups excluding carboxylic acids is 2. The molecule has 0 aromatic heterocycles. The first kappa shape index (κ1) is 22.5. The van der Waals surface area contributed by atoms with Crippen LogP contribution in [0.15, 0.2) is 89.8 Å². The van der Waals surface area contributed by atoms with E-state index in [1.807, 2.05) is 60.7 Å². The van der Waals surface area contributed by atoms with Crippen LogP contribution in [0.1, 0.15) is 11.1 Å². The van der Waals surface area contributed by atoms with Crippen LogP contribution in [0.3, 0.4) is 0 Å². The van der Waals surface area contributed by atoms with E-state index in [1.165, 1.54) is 0 Å². The summed E-state index contributed by atoms with van der Waals surface area (Å²) < 4.78 is 6.15. The van der Waals surface area contributed by atoms with Gasteiger partial charge in [-0.3, -0.25) is 9.59 Å². The molecule has 5 rings (SSSR count). The summed E-state index contributed by atoms with van der Waals surface area (Å²) in [5.74, 6) is 0.208. The van der Waals surface area contributed by atoms with E-state index in [2.05, 4.69) is 0 Å². The lowest BCUT2D eigenvalue weighted by molar-refractivity contribution is -0.113. The molecule has 1 aliphatic heterocycles. The Labute approximate surface area is 210 Å². The van der Waals surface area contributed by atoms with Crippen molar-refractivity contribution in [2.24, 2.45) is 0 Å². The summed E-state index contributed by atoms with van der Waals surface area (Å²) >= 11 is 13.1. The molecule has 1 heterocycles. The molecule has 34 heavy (non-hydrogen) atoms. The molecule has 4 aromatic carbocycles. The molecule has 0 bridgehead atoms. The highest BCUT2D eigenvalue weighted by molar-refractivity contribution is 8.19. The maximum atomic E-state index is 13.2. The molecule has 1 aliphatic rings. The fourth-order valence-electron chi connectivity index (χ4n) is 3.73. The van der Waals surface area contributed by atoms with Gasteiger partial charge in [-0.05, 0) is 65.0 Å². The zero-order valence-electron chi connectivity index (χ0n) is 17.7.